The van der Waals surface area contributed by atoms with Crippen LogP contribution in [0, 0.1) is 6.92 Å². The zero-order chi connectivity index (χ0) is 15.2. The highest BCUT2D eigenvalue weighted by molar-refractivity contribution is 7.10. The molecule has 0 spiro atoms. The molecule has 22 heavy (non-hydrogen) atoms. The van der Waals surface area contributed by atoms with Gasteiger partial charge < -0.3 is 10.1 Å². The quantitative estimate of drug-likeness (QED) is 0.866. The number of hydrogen-bond donors (Lipinski definition) is 1. The van der Waals surface area contributed by atoms with E-state index in [2.05, 4.69) is 33.5 Å². The number of thiophene rings is 1. The maximum absolute atomic E-state index is 5.46. The van der Waals surface area contributed by atoms with Gasteiger partial charge in [-0.25, -0.2) is 0 Å². The minimum absolute atomic E-state index is 0.691. The Morgan fingerprint density at radius 1 is 1.41 bits per heavy atom. The highest BCUT2D eigenvalue weighted by atomic mass is 32.1. The van der Waals surface area contributed by atoms with Crippen molar-refractivity contribution < 1.29 is 4.74 Å². The summed E-state index contributed by atoms with van der Waals surface area (Å²) in [5.41, 5.74) is 1.45. The molecule has 2 aliphatic rings. The Bertz CT molecular complexity index is 439. The van der Waals surface area contributed by atoms with Crippen LogP contribution in [0.4, 0.5) is 0 Å². The van der Waals surface area contributed by atoms with E-state index in [1.54, 1.807) is 0 Å². The standard InChI is InChI=1S/C17H29N3OS/c1-15-4-12-22-17(15)14-20(16-3-2-5-18-13-16)7-6-19-8-10-21-11-9-19/h4,12,16,18H,2-3,5-11,13-14H2,1H3/t16-/m0/s1. The van der Waals surface area contributed by atoms with E-state index < -0.39 is 0 Å². The minimum atomic E-state index is 0.691. The number of nitrogens with zero attached hydrogens (tertiary/aromatic N) is 2. The topological polar surface area (TPSA) is 27.7 Å². The molecule has 0 aliphatic carbocycles. The number of hydrogen-bond acceptors (Lipinski definition) is 5. The van der Waals surface area contributed by atoms with Crippen LogP contribution in [0.25, 0.3) is 0 Å². The third-order valence-corrected chi connectivity index (χ3v) is 5.92. The molecule has 2 aliphatic heterocycles. The predicted molar refractivity (Wildman–Crippen MR) is 92.6 cm³/mol. The van der Waals surface area contributed by atoms with Gasteiger partial charge in [-0.05, 0) is 43.3 Å². The van der Waals surface area contributed by atoms with Crippen molar-refractivity contribution in [2.24, 2.45) is 0 Å². The van der Waals surface area contributed by atoms with Crippen molar-refractivity contribution in [2.45, 2.75) is 32.4 Å². The van der Waals surface area contributed by atoms with Crippen molar-refractivity contribution in [1.82, 2.24) is 15.1 Å². The molecular formula is C17H29N3OS. The molecular weight excluding hydrogens is 294 g/mol. The monoisotopic (exact) mass is 323 g/mol. The lowest BCUT2D eigenvalue weighted by atomic mass is 10.1. The molecule has 2 fully saturated rings. The van der Waals surface area contributed by atoms with Crippen LogP contribution in [-0.2, 0) is 11.3 Å². The first-order valence-electron chi connectivity index (χ1n) is 8.61. The van der Waals surface area contributed by atoms with Gasteiger partial charge in [0.05, 0.1) is 13.2 Å². The lowest BCUT2D eigenvalue weighted by molar-refractivity contribution is 0.0291. The van der Waals surface area contributed by atoms with Gasteiger partial charge in [0.25, 0.3) is 0 Å². The summed E-state index contributed by atoms with van der Waals surface area (Å²) in [4.78, 5) is 6.79. The van der Waals surface area contributed by atoms with Gasteiger partial charge >= 0.3 is 0 Å². The molecule has 124 valence electrons. The molecule has 0 unspecified atom stereocenters. The van der Waals surface area contributed by atoms with Crippen molar-refractivity contribution in [3.63, 3.8) is 0 Å². The molecule has 0 saturated carbocycles. The van der Waals surface area contributed by atoms with E-state index in [1.807, 2.05) is 11.3 Å². The smallest absolute Gasteiger partial charge is 0.0594 e. The second-order valence-corrected chi connectivity index (χ2v) is 7.45. The summed E-state index contributed by atoms with van der Waals surface area (Å²) >= 11 is 1.91. The summed E-state index contributed by atoms with van der Waals surface area (Å²) in [6.07, 6.45) is 2.64. The molecule has 1 aromatic heterocycles. The molecule has 3 rings (SSSR count). The normalized spacial score (nSPS) is 24.0. The van der Waals surface area contributed by atoms with Gasteiger partial charge in [-0.1, -0.05) is 0 Å². The first-order valence-corrected chi connectivity index (χ1v) is 9.49. The number of piperidine rings is 1. The molecule has 1 atom stereocenters. The number of morpholine rings is 1. The second kappa shape index (κ2) is 8.41. The molecule has 1 aromatic rings. The maximum atomic E-state index is 5.46. The first-order chi connectivity index (χ1) is 10.8. The Morgan fingerprint density at radius 2 is 2.27 bits per heavy atom. The van der Waals surface area contributed by atoms with Gasteiger partial charge in [-0.2, -0.15) is 0 Å². The van der Waals surface area contributed by atoms with E-state index in [-0.39, 0.29) is 0 Å². The molecule has 0 amide bonds. The van der Waals surface area contributed by atoms with Crippen LogP contribution in [0.3, 0.4) is 0 Å². The summed E-state index contributed by atoms with van der Waals surface area (Å²) in [5, 5.41) is 5.80. The SMILES string of the molecule is Cc1ccsc1CN(CCN1CCOCC1)[C@H]1CCCNC1. The van der Waals surface area contributed by atoms with Gasteiger partial charge in [0.2, 0.25) is 0 Å². The number of nitrogens with one attached hydrogen (secondary N) is 1. The van der Waals surface area contributed by atoms with E-state index in [4.69, 9.17) is 4.74 Å². The number of aryl methyl sites for hydroxylation is 1. The Labute approximate surface area is 138 Å². The highest BCUT2D eigenvalue weighted by Crippen LogP contribution is 2.21. The van der Waals surface area contributed by atoms with Crippen LogP contribution in [-0.4, -0.2) is 68.3 Å². The van der Waals surface area contributed by atoms with Gasteiger partial charge in [0, 0.05) is 50.2 Å². The predicted octanol–water partition coefficient (Wildman–Crippen LogP) is 1.94. The van der Waals surface area contributed by atoms with Gasteiger partial charge in [-0.3, -0.25) is 9.80 Å². The largest absolute Gasteiger partial charge is 0.379 e. The van der Waals surface area contributed by atoms with Gasteiger partial charge in [0.1, 0.15) is 0 Å². The first kappa shape index (κ1) is 16.4. The summed E-state index contributed by atoms with van der Waals surface area (Å²) in [5.74, 6) is 0. The van der Waals surface area contributed by atoms with Crippen LogP contribution >= 0.6 is 11.3 Å². The molecule has 0 bridgehead atoms. The van der Waals surface area contributed by atoms with Crippen molar-refractivity contribution >= 4 is 11.3 Å². The Morgan fingerprint density at radius 3 is 2.95 bits per heavy atom. The van der Waals surface area contributed by atoms with Crippen molar-refractivity contribution in [3.05, 3.63) is 21.9 Å². The Hall–Kier alpha value is -0.460. The fourth-order valence-corrected chi connectivity index (χ4v) is 4.31. The van der Waals surface area contributed by atoms with Crippen LogP contribution in [0.1, 0.15) is 23.3 Å². The van der Waals surface area contributed by atoms with Crippen LogP contribution in [0.2, 0.25) is 0 Å². The molecule has 4 nitrogen and oxygen atoms in total. The van der Waals surface area contributed by atoms with Crippen molar-refractivity contribution in [1.29, 1.82) is 0 Å². The number of rotatable bonds is 6. The molecule has 1 N–H and O–H groups in total. The third-order valence-electron chi connectivity index (χ3n) is 4.91. The molecule has 2 saturated heterocycles. The maximum Gasteiger partial charge on any atom is 0.0594 e. The van der Waals surface area contributed by atoms with E-state index >= 15 is 0 Å². The average Bonchev–Trinajstić information content (AvgIpc) is 2.98. The summed E-state index contributed by atoms with van der Waals surface area (Å²) < 4.78 is 5.46. The highest BCUT2D eigenvalue weighted by Gasteiger charge is 2.23. The zero-order valence-electron chi connectivity index (χ0n) is 13.7. The number of ether oxygens (including phenoxy) is 1. The summed E-state index contributed by atoms with van der Waals surface area (Å²) in [6, 6.07) is 2.94. The molecule has 0 aromatic carbocycles. The summed E-state index contributed by atoms with van der Waals surface area (Å²) in [7, 11) is 0. The van der Waals surface area contributed by atoms with Gasteiger partial charge in [0.15, 0.2) is 0 Å². The van der Waals surface area contributed by atoms with Crippen LogP contribution in [0.15, 0.2) is 11.4 Å². The average molecular weight is 324 g/mol. The zero-order valence-corrected chi connectivity index (χ0v) is 14.5. The second-order valence-electron chi connectivity index (χ2n) is 6.45. The van der Waals surface area contributed by atoms with E-state index in [9.17, 15) is 0 Å². The lowest BCUT2D eigenvalue weighted by Gasteiger charge is -2.36. The Balaban J connectivity index is 1.58. The fraction of sp³-hybridized carbons (Fsp3) is 0.765. The molecule has 5 heteroatoms. The lowest BCUT2D eigenvalue weighted by Crippen LogP contribution is -2.49. The van der Waals surface area contributed by atoms with E-state index in [1.165, 1.54) is 42.9 Å². The van der Waals surface area contributed by atoms with Crippen molar-refractivity contribution in [2.75, 3.05) is 52.5 Å². The van der Waals surface area contributed by atoms with Gasteiger partial charge in [-0.15, -0.1) is 11.3 Å². The van der Waals surface area contributed by atoms with Crippen molar-refractivity contribution in [3.8, 4) is 0 Å². The molecule has 0 radical (unpaired) electrons. The van der Waals surface area contributed by atoms with Crippen LogP contribution < -0.4 is 5.32 Å². The molecule has 3 heterocycles. The Kier molecular flexibility index (Phi) is 6.27. The third kappa shape index (κ3) is 4.52. The van der Waals surface area contributed by atoms with E-state index in [0.29, 0.717) is 6.04 Å². The van der Waals surface area contributed by atoms with E-state index in [0.717, 1.165) is 39.4 Å². The summed E-state index contributed by atoms with van der Waals surface area (Å²) in [6.45, 7) is 12.0. The minimum Gasteiger partial charge on any atom is -0.379 e. The fourth-order valence-electron chi connectivity index (χ4n) is 3.38. The van der Waals surface area contributed by atoms with Crippen LogP contribution in [0.5, 0.6) is 0 Å².